The number of carboxylic acid groups (broad SMARTS) is 2. The fraction of sp³-hybridized carbons (Fsp3) is 0.688. The molecule has 0 heterocycles. The van der Waals surface area contributed by atoms with E-state index in [-0.39, 0.29) is 12.5 Å². The van der Waals surface area contributed by atoms with Crippen molar-refractivity contribution in [2.75, 3.05) is 6.54 Å². The van der Waals surface area contributed by atoms with Crippen molar-refractivity contribution in [3.8, 4) is 0 Å². The summed E-state index contributed by atoms with van der Waals surface area (Å²) in [5, 5.41) is 34.1. The van der Waals surface area contributed by atoms with Gasteiger partial charge in [0, 0.05) is 0 Å². The molecule has 3 amide bonds. The average Bonchev–Trinajstić information content (AvgIpc) is 2.61. The van der Waals surface area contributed by atoms with Gasteiger partial charge in [-0.1, -0.05) is 20.3 Å². The molecule has 0 saturated heterocycles. The second-order valence-electron chi connectivity index (χ2n) is 6.36. The molecule has 5 unspecified atom stereocenters. The van der Waals surface area contributed by atoms with Crippen LogP contribution in [0.3, 0.4) is 0 Å². The molecule has 5 atom stereocenters. The average molecular weight is 404 g/mol. The summed E-state index contributed by atoms with van der Waals surface area (Å²) in [6.45, 7) is 4.20. The molecule has 0 aliphatic rings. The summed E-state index contributed by atoms with van der Waals surface area (Å²) in [4.78, 5) is 58.5. The minimum absolute atomic E-state index is 0.353. The topological polar surface area (TPSA) is 208 Å². The van der Waals surface area contributed by atoms with Crippen molar-refractivity contribution < 1.29 is 39.3 Å². The predicted octanol–water partition coefficient (Wildman–Crippen LogP) is -2.61. The van der Waals surface area contributed by atoms with Gasteiger partial charge in [-0.3, -0.25) is 19.2 Å². The standard InChI is InChI=1S/C16H28N4O8/c1-4-7(2)12(19-10(22)6-17)15(26)18-9(5-11(23)24)14(25)20-13(8(3)21)16(27)28/h7-9,12-13,21H,4-6,17H2,1-3H3,(H,18,26)(H,19,22)(H,20,25)(H,23,24)(H,27,28). The monoisotopic (exact) mass is 404 g/mol. The van der Waals surface area contributed by atoms with Crippen LogP contribution in [0.2, 0.25) is 0 Å². The van der Waals surface area contributed by atoms with Crippen LogP contribution in [-0.4, -0.2) is 75.8 Å². The number of rotatable bonds is 12. The van der Waals surface area contributed by atoms with Crippen molar-refractivity contribution in [3.05, 3.63) is 0 Å². The maximum Gasteiger partial charge on any atom is 0.328 e. The Hall–Kier alpha value is -2.73. The summed E-state index contributed by atoms with van der Waals surface area (Å²) < 4.78 is 0. The van der Waals surface area contributed by atoms with Crippen LogP contribution in [-0.2, 0) is 24.0 Å². The van der Waals surface area contributed by atoms with E-state index in [1.54, 1.807) is 13.8 Å². The molecule has 0 aliphatic heterocycles. The number of hydrogen-bond acceptors (Lipinski definition) is 7. The molecule has 0 aromatic carbocycles. The van der Waals surface area contributed by atoms with Gasteiger partial charge in [-0.05, 0) is 12.8 Å². The maximum absolute atomic E-state index is 12.5. The number of nitrogens with two attached hydrogens (primary N) is 1. The molecule has 0 saturated carbocycles. The highest BCUT2D eigenvalue weighted by Gasteiger charge is 2.33. The Morgan fingerprint density at radius 1 is 0.929 bits per heavy atom. The van der Waals surface area contributed by atoms with E-state index in [1.807, 2.05) is 5.32 Å². The van der Waals surface area contributed by atoms with Gasteiger partial charge in [-0.2, -0.15) is 0 Å². The van der Waals surface area contributed by atoms with Crippen LogP contribution >= 0.6 is 0 Å². The normalized spacial score (nSPS) is 16.0. The first-order chi connectivity index (χ1) is 12.9. The molecule has 12 nitrogen and oxygen atoms in total. The smallest absolute Gasteiger partial charge is 0.328 e. The van der Waals surface area contributed by atoms with Gasteiger partial charge in [0.2, 0.25) is 17.7 Å². The number of hydrogen-bond donors (Lipinski definition) is 7. The second kappa shape index (κ2) is 11.9. The van der Waals surface area contributed by atoms with Gasteiger partial charge in [0.15, 0.2) is 6.04 Å². The Balaban J connectivity index is 5.45. The van der Waals surface area contributed by atoms with E-state index in [1.165, 1.54) is 0 Å². The van der Waals surface area contributed by atoms with Crippen molar-refractivity contribution in [1.29, 1.82) is 0 Å². The van der Waals surface area contributed by atoms with E-state index in [9.17, 15) is 29.1 Å². The summed E-state index contributed by atoms with van der Waals surface area (Å²) in [6.07, 6.45) is -1.80. The van der Waals surface area contributed by atoms with Crippen molar-refractivity contribution in [2.45, 2.75) is 57.8 Å². The van der Waals surface area contributed by atoms with E-state index in [0.29, 0.717) is 6.42 Å². The number of nitrogens with one attached hydrogen (secondary N) is 3. The van der Waals surface area contributed by atoms with Crippen LogP contribution in [0.5, 0.6) is 0 Å². The lowest BCUT2D eigenvalue weighted by molar-refractivity contribution is -0.146. The highest BCUT2D eigenvalue weighted by Crippen LogP contribution is 2.09. The van der Waals surface area contributed by atoms with Crippen LogP contribution in [0.15, 0.2) is 0 Å². The Bertz CT molecular complexity index is 595. The van der Waals surface area contributed by atoms with Gasteiger partial charge in [0.05, 0.1) is 19.1 Å². The van der Waals surface area contributed by atoms with E-state index >= 15 is 0 Å². The van der Waals surface area contributed by atoms with Crippen LogP contribution in [0.25, 0.3) is 0 Å². The third kappa shape index (κ3) is 8.31. The first kappa shape index (κ1) is 25.3. The number of carboxylic acids is 2. The molecule has 160 valence electrons. The predicted molar refractivity (Wildman–Crippen MR) is 95.9 cm³/mol. The molecule has 0 radical (unpaired) electrons. The minimum Gasteiger partial charge on any atom is -0.481 e. The molecule has 28 heavy (non-hydrogen) atoms. The summed E-state index contributed by atoms with van der Waals surface area (Å²) in [5.74, 6) is -5.83. The Morgan fingerprint density at radius 2 is 1.50 bits per heavy atom. The number of aliphatic hydroxyl groups is 1. The second-order valence-corrected chi connectivity index (χ2v) is 6.36. The van der Waals surface area contributed by atoms with E-state index in [4.69, 9.17) is 15.9 Å². The van der Waals surface area contributed by atoms with Gasteiger partial charge < -0.3 is 37.0 Å². The van der Waals surface area contributed by atoms with Crippen molar-refractivity contribution >= 4 is 29.7 Å². The van der Waals surface area contributed by atoms with Gasteiger partial charge in [0.25, 0.3) is 0 Å². The fourth-order valence-electron chi connectivity index (χ4n) is 2.22. The first-order valence-corrected chi connectivity index (χ1v) is 8.67. The molecule has 0 bridgehead atoms. The molecular formula is C16H28N4O8. The Labute approximate surface area is 161 Å². The molecule has 12 heteroatoms. The maximum atomic E-state index is 12.5. The summed E-state index contributed by atoms with van der Waals surface area (Å²) >= 11 is 0. The molecule has 0 aromatic heterocycles. The highest BCUT2D eigenvalue weighted by molar-refractivity contribution is 5.95. The van der Waals surface area contributed by atoms with E-state index in [0.717, 1.165) is 6.92 Å². The zero-order valence-corrected chi connectivity index (χ0v) is 16.0. The summed E-state index contributed by atoms with van der Waals surface area (Å²) in [7, 11) is 0. The Kier molecular flexibility index (Phi) is 10.7. The number of aliphatic carboxylic acids is 2. The fourth-order valence-corrected chi connectivity index (χ4v) is 2.22. The molecule has 0 aliphatic carbocycles. The lowest BCUT2D eigenvalue weighted by Crippen LogP contribution is -2.59. The molecular weight excluding hydrogens is 376 g/mol. The van der Waals surface area contributed by atoms with Crippen LogP contribution < -0.4 is 21.7 Å². The van der Waals surface area contributed by atoms with Crippen molar-refractivity contribution in [2.24, 2.45) is 11.7 Å². The molecule has 0 aromatic rings. The highest BCUT2D eigenvalue weighted by atomic mass is 16.4. The van der Waals surface area contributed by atoms with Crippen molar-refractivity contribution in [1.82, 2.24) is 16.0 Å². The first-order valence-electron chi connectivity index (χ1n) is 8.67. The largest absolute Gasteiger partial charge is 0.481 e. The zero-order chi connectivity index (χ0) is 22.0. The summed E-state index contributed by atoms with van der Waals surface area (Å²) in [6, 6.07) is -4.38. The number of carbonyl (C=O) groups is 5. The lowest BCUT2D eigenvalue weighted by Gasteiger charge is -2.26. The third-order valence-electron chi connectivity index (χ3n) is 4.06. The number of amides is 3. The van der Waals surface area contributed by atoms with E-state index < -0.39 is 60.3 Å². The van der Waals surface area contributed by atoms with E-state index in [2.05, 4.69) is 10.6 Å². The van der Waals surface area contributed by atoms with Gasteiger partial charge >= 0.3 is 11.9 Å². The zero-order valence-electron chi connectivity index (χ0n) is 16.0. The third-order valence-corrected chi connectivity index (χ3v) is 4.06. The Morgan fingerprint density at radius 3 is 1.89 bits per heavy atom. The molecule has 0 fully saturated rings. The van der Waals surface area contributed by atoms with Crippen LogP contribution in [0.4, 0.5) is 0 Å². The van der Waals surface area contributed by atoms with Crippen LogP contribution in [0.1, 0.15) is 33.6 Å². The minimum atomic E-state index is -1.69. The van der Waals surface area contributed by atoms with Gasteiger partial charge in [-0.25, -0.2) is 4.79 Å². The lowest BCUT2D eigenvalue weighted by atomic mass is 9.97. The SMILES string of the molecule is CCC(C)C(NC(=O)CN)C(=O)NC(CC(=O)O)C(=O)NC(C(=O)O)C(C)O. The summed E-state index contributed by atoms with van der Waals surface area (Å²) in [5.41, 5.74) is 5.22. The molecule has 8 N–H and O–H groups in total. The van der Waals surface area contributed by atoms with Crippen molar-refractivity contribution in [3.63, 3.8) is 0 Å². The molecule has 0 rings (SSSR count). The van der Waals surface area contributed by atoms with Gasteiger partial charge in [0.1, 0.15) is 12.1 Å². The quantitative estimate of drug-likeness (QED) is 0.181. The van der Waals surface area contributed by atoms with Gasteiger partial charge in [-0.15, -0.1) is 0 Å². The number of aliphatic hydroxyl groups excluding tert-OH is 1. The number of carbonyl (C=O) groups excluding carboxylic acids is 3. The van der Waals surface area contributed by atoms with Crippen LogP contribution in [0, 0.1) is 5.92 Å². The molecule has 0 spiro atoms.